The van der Waals surface area contributed by atoms with Crippen LogP contribution >= 0.6 is 0 Å². The lowest BCUT2D eigenvalue weighted by molar-refractivity contribution is -0.384. The number of aromatic nitrogens is 2. The molecule has 2 heterocycles. The van der Waals surface area contributed by atoms with Crippen molar-refractivity contribution < 1.29 is 9.66 Å². The van der Waals surface area contributed by atoms with Gasteiger partial charge in [-0.15, -0.1) is 0 Å². The average molecular weight is 342 g/mol. The van der Waals surface area contributed by atoms with Gasteiger partial charge in [0, 0.05) is 36.9 Å². The van der Waals surface area contributed by atoms with Gasteiger partial charge in [-0.2, -0.15) is 5.10 Å². The summed E-state index contributed by atoms with van der Waals surface area (Å²) < 4.78 is 5.35. The molecule has 130 valence electrons. The number of aryl methyl sites for hydroxylation is 1. The fraction of sp³-hybridized carbons (Fsp3) is 0.312. The number of benzene rings is 1. The summed E-state index contributed by atoms with van der Waals surface area (Å²) in [5.74, 6) is 2.02. The van der Waals surface area contributed by atoms with Crippen LogP contribution in [0.15, 0.2) is 35.4 Å². The molecule has 1 saturated heterocycles. The number of hydrogen-bond donors (Lipinski definition) is 1. The number of hydrazone groups is 1. The van der Waals surface area contributed by atoms with Crippen LogP contribution < -0.4 is 10.3 Å². The van der Waals surface area contributed by atoms with Gasteiger partial charge in [-0.1, -0.05) is 12.1 Å². The van der Waals surface area contributed by atoms with Crippen LogP contribution in [-0.2, 0) is 4.74 Å². The van der Waals surface area contributed by atoms with E-state index in [4.69, 9.17) is 4.74 Å². The zero-order chi connectivity index (χ0) is 17.6. The average Bonchev–Trinajstić information content (AvgIpc) is 2.62. The van der Waals surface area contributed by atoms with Crippen molar-refractivity contribution >= 4 is 23.5 Å². The molecule has 0 saturated carbocycles. The molecule has 0 amide bonds. The second kappa shape index (κ2) is 7.67. The third kappa shape index (κ3) is 4.48. The largest absolute Gasteiger partial charge is 0.378 e. The van der Waals surface area contributed by atoms with E-state index in [1.54, 1.807) is 12.1 Å². The smallest absolute Gasteiger partial charge is 0.270 e. The van der Waals surface area contributed by atoms with E-state index >= 15 is 0 Å². The van der Waals surface area contributed by atoms with Crippen LogP contribution in [0.4, 0.5) is 17.3 Å². The number of anilines is 2. The molecule has 0 bridgehead atoms. The van der Waals surface area contributed by atoms with Crippen LogP contribution in [-0.4, -0.2) is 47.4 Å². The number of nitrogens with one attached hydrogen (secondary N) is 1. The molecule has 0 atom stereocenters. The summed E-state index contributed by atoms with van der Waals surface area (Å²) in [7, 11) is 0. The molecule has 1 fully saturated rings. The molecule has 1 aliphatic rings. The van der Waals surface area contributed by atoms with E-state index in [-0.39, 0.29) is 5.69 Å². The van der Waals surface area contributed by atoms with Crippen LogP contribution in [0.1, 0.15) is 11.4 Å². The number of non-ortho nitro benzene ring substituents is 1. The fourth-order valence-electron chi connectivity index (χ4n) is 2.46. The predicted octanol–water partition coefficient (Wildman–Crippen LogP) is 1.98. The molecular weight excluding hydrogens is 324 g/mol. The molecular formula is C16H18N6O3. The van der Waals surface area contributed by atoms with Gasteiger partial charge in [-0.05, 0) is 6.92 Å². The highest BCUT2D eigenvalue weighted by Crippen LogP contribution is 2.17. The minimum absolute atomic E-state index is 0.0245. The first kappa shape index (κ1) is 16.8. The minimum Gasteiger partial charge on any atom is -0.378 e. The predicted molar refractivity (Wildman–Crippen MR) is 94.1 cm³/mol. The highest BCUT2D eigenvalue weighted by atomic mass is 16.6. The van der Waals surface area contributed by atoms with Crippen molar-refractivity contribution in [3.8, 4) is 0 Å². The van der Waals surface area contributed by atoms with Gasteiger partial charge in [0.1, 0.15) is 11.6 Å². The number of hydrogen-bond acceptors (Lipinski definition) is 8. The molecule has 0 spiro atoms. The number of morpholine rings is 1. The molecule has 0 radical (unpaired) electrons. The van der Waals surface area contributed by atoms with E-state index in [0.29, 0.717) is 30.4 Å². The van der Waals surface area contributed by atoms with E-state index < -0.39 is 4.92 Å². The summed E-state index contributed by atoms with van der Waals surface area (Å²) >= 11 is 0. The van der Waals surface area contributed by atoms with Crippen molar-refractivity contribution in [2.24, 2.45) is 5.10 Å². The molecule has 3 rings (SSSR count). The van der Waals surface area contributed by atoms with Crippen LogP contribution in [0.5, 0.6) is 0 Å². The van der Waals surface area contributed by atoms with Gasteiger partial charge < -0.3 is 9.64 Å². The second-order valence-corrected chi connectivity index (χ2v) is 5.48. The zero-order valence-corrected chi connectivity index (χ0v) is 13.8. The van der Waals surface area contributed by atoms with Crippen molar-refractivity contribution in [2.75, 3.05) is 36.6 Å². The fourth-order valence-corrected chi connectivity index (χ4v) is 2.46. The van der Waals surface area contributed by atoms with Crippen LogP contribution in [0.25, 0.3) is 0 Å². The van der Waals surface area contributed by atoms with E-state index in [1.165, 1.54) is 18.3 Å². The number of nitro benzene ring substituents is 1. The number of nitro groups is 1. The number of ether oxygens (including phenoxy) is 1. The minimum atomic E-state index is -0.437. The Bertz CT molecular complexity index is 789. The van der Waals surface area contributed by atoms with Gasteiger partial charge in [-0.25, -0.2) is 9.97 Å². The molecule has 0 unspecified atom stereocenters. The molecule has 9 nitrogen and oxygen atoms in total. The summed E-state index contributed by atoms with van der Waals surface area (Å²) in [6.45, 7) is 4.74. The second-order valence-electron chi connectivity index (χ2n) is 5.48. The van der Waals surface area contributed by atoms with Crippen LogP contribution in [0.2, 0.25) is 0 Å². The molecule has 1 aromatic carbocycles. The van der Waals surface area contributed by atoms with Crippen molar-refractivity contribution in [1.82, 2.24) is 9.97 Å². The molecule has 1 aliphatic heterocycles. The van der Waals surface area contributed by atoms with E-state index in [1.807, 2.05) is 13.0 Å². The molecule has 9 heteroatoms. The third-order valence-corrected chi connectivity index (χ3v) is 3.63. The third-order valence-electron chi connectivity index (χ3n) is 3.63. The van der Waals surface area contributed by atoms with Crippen LogP contribution in [0.3, 0.4) is 0 Å². The van der Waals surface area contributed by atoms with Gasteiger partial charge in [0.25, 0.3) is 5.69 Å². The van der Waals surface area contributed by atoms with Gasteiger partial charge >= 0.3 is 0 Å². The van der Waals surface area contributed by atoms with Crippen molar-refractivity contribution in [3.05, 3.63) is 51.8 Å². The highest BCUT2D eigenvalue weighted by molar-refractivity contribution is 5.81. The van der Waals surface area contributed by atoms with Crippen molar-refractivity contribution in [2.45, 2.75) is 6.92 Å². The molecule has 2 aromatic rings. The first-order chi connectivity index (χ1) is 12.1. The molecule has 1 N–H and O–H groups in total. The number of nitrogens with zero attached hydrogens (tertiary/aromatic N) is 5. The summed E-state index contributed by atoms with van der Waals surface area (Å²) in [6, 6.07) is 8.07. The Hall–Kier alpha value is -3.07. The number of rotatable bonds is 5. The van der Waals surface area contributed by atoms with Crippen molar-refractivity contribution in [3.63, 3.8) is 0 Å². The normalized spacial score (nSPS) is 14.7. The zero-order valence-electron chi connectivity index (χ0n) is 13.8. The Labute approximate surface area is 144 Å². The maximum absolute atomic E-state index is 10.8. The monoisotopic (exact) mass is 342 g/mol. The van der Waals surface area contributed by atoms with Gasteiger partial charge in [-0.3, -0.25) is 15.5 Å². The van der Waals surface area contributed by atoms with Gasteiger partial charge in [0.15, 0.2) is 5.82 Å². The summed E-state index contributed by atoms with van der Waals surface area (Å²) in [6.07, 6.45) is 1.51. The summed E-state index contributed by atoms with van der Waals surface area (Å²) in [5.41, 5.74) is 3.50. The highest BCUT2D eigenvalue weighted by Gasteiger charge is 2.14. The molecule has 0 aliphatic carbocycles. The Morgan fingerprint density at radius 1 is 1.32 bits per heavy atom. The molecule has 25 heavy (non-hydrogen) atoms. The Morgan fingerprint density at radius 2 is 2.12 bits per heavy atom. The van der Waals surface area contributed by atoms with Crippen molar-refractivity contribution in [1.29, 1.82) is 0 Å². The van der Waals surface area contributed by atoms with Gasteiger partial charge in [0.05, 0.1) is 24.4 Å². The van der Waals surface area contributed by atoms with E-state index in [2.05, 4.69) is 25.4 Å². The lowest BCUT2D eigenvalue weighted by atomic mass is 10.2. The van der Waals surface area contributed by atoms with Crippen LogP contribution in [0, 0.1) is 17.0 Å². The Kier molecular flexibility index (Phi) is 5.14. The quantitative estimate of drug-likeness (QED) is 0.503. The Morgan fingerprint density at radius 3 is 2.88 bits per heavy atom. The SMILES string of the molecule is Cc1nc(NN=Cc2cccc([N+](=O)[O-])c2)cc(N2CCOCC2)n1. The maximum atomic E-state index is 10.8. The summed E-state index contributed by atoms with van der Waals surface area (Å²) in [5, 5.41) is 14.9. The first-order valence-corrected chi connectivity index (χ1v) is 7.84. The molecule has 1 aromatic heterocycles. The standard InChI is InChI=1S/C16H18N6O3/c1-12-18-15(10-16(19-12)21-5-7-25-8-6-21)20-17-11-13-3-2-4-14(9-13)22(23)24/h2-4,9-11H,5-8H2,1H3,(H,18,19,20). The van der Waals surface area contributed by atoms with Gasteiger partial charge in [0.2, 0.25) is 0 Å². The lowest BCUT2D eigenvalue weighted by Crippen LogP contribution is -2.36. The lowest BCUT2D eigenvalue weighted by Gasteiger charge is -2.28. The topological polar surface area (TPSA) is 106 Å². The first-order valence-electron chi connectivity index (χ1n) is 7.84. The van der Waals surface area contributed by atoms with E-state index in [9.17, 15) is 10.1 Å². The Balaban J connectivity index is 1.71. The van der Waals surface area contributed by atoms with E-state index in [0.717, 1.165) is 18.9 Å². The summed E-state index contributed by atoms with van der Waals surface area (Å²) in [4.78, 5) is 21.2. The maximum Gasteiger partial charge on any atom is 0.270 e.